The average molecular weight is 432 g/mol. The Bertz CT molecular complexity index is 1220. The first-order valence-corrected chi connectivity index (χ1v) is 9.02. The van der Waals surface area contributed by atoms with E-state index in [4.69, 9.17) is 11.6 Å². The standard InChI is InChI=1S/C20H13ClF3N5O/c1-28(14-6-7-17(21)26-8-14)19(30)15-11-29-16(9-27-18(29)10-25-15)12-2-4-13(5-3-12)20(22,23)24/h2-11H,1H3. The van der Waals surface area contributed by atoms with Crippen molar-refractivity contribution >= 4 is 28.8 Å². The van der Waals surface area contributed by atoms with E-state index in [-0.39, 0.29) is 5.69 Å². The maximum absolute atomic E-state index is 12.8. The summed E-state index contributed by atoms with van der Waals surface area (Å²) in [7, 11) is 1.57. The number of pyridine rings is 1. The third-order valence-electron chi connectivity index (χ3n) is 4.53. The summed E-state index contributed by atoms with van der Waals surface area (Å²) < 4.78 is 40.1. The number of amides is 1. The molecule has 3 aromatic heterocycles. The van der Waals surface area contributed by atoms with Crippen molar-refractivity contribution in [3.8, 4) is 11.3 Å². The Hall–Kier alpha value is -3.46. The normalized spacial score (nSPS) is 11.6. The van der Waals surface area contributed by atoms with Crippen LogP contribution in [0.4, 0.5) is 18.9 Å². The first kappa shape index (κ1) is 19.8. The first-order valence-electron chi connectivity index (χ1n) is 8.64. The van der Waals surface area contributed by atoms with Gasteiger partial charge in [0.2, 0.25) is 0 Å². The van der Waals surface area contributed by atoms with Crippen molar-refractivity contribution in [3.05, 3.63) is 77.6 Å². The van der Waals surface area contributed by atoms with Crippen LogP contribution in [0.1, 0.15) is 16.1 Å². The zero-order chi connectivity index (χ0) is 21.5. The van der Waals surface area contributed by atoms with Gasteiger partial charge in [-0.25, -0.2) is 15.0 Å². The Balaban J connectivity index is 1.69. The van der Waals surface area contributed by atoms with Gasteiger partial charge < -0.3 is 4.90 Å². The number of rotatable bonds is 3. The lowest BCUT2D eigenvalue weighted by Crippen LogP contribution is -2.27. The van der Waals surface area contributed by atoms with Crippen LogP contribution in [0.15, 0.2) is 61.2 Å². The molecule has 0 bridgehead atoms. The zero-order valence-corrected chi connectivity index (χ0v) is 16.2. The molecule has 0 N–H and O–H groups in total. The molecular formula is C20H13ClF3N5O. The van der Waals surface area contributed by atoms with Crippen molar-refractivity contribution in [1.29, 1.82) is 0 Å². The second-order valence-electron chi connectivity index (χ2n) is 6.42. The largest absolute Gasteiger partial charge is 0.416 e. The second kappa shape index (κ2) is 7.42. The molecule has 152 valence electrons. The van der Waals surface area contributed by atoms with Crippen molar-refractivity contribution in [2.45, 2.75) is 6.18 Å². The number of halogens is 4. The lowest BCUT2D eigenvalue weighted by atomic mass is 10.1. The summed E-state index contributed by atoms with van der Waals surface area (Å²) in [4.78, 5) is 26.5. The maximum atomic E-state index is 12.8. The quantitative estimate of drug-likeness (QED) is 0.439. The number of anilines is 1. The molecule has 0 aliphatic heterocycles. The second-order valence-corrected chi connectivity index (χ2v) is 6.81. The van der Waals surface area contributed by atoms with Crippen molar-refractivity contribution in [2.24, 2.45) is 0 Å². The van der Waals surface area contributed by atoms with Gasteiger partial charge in [0.25, 0.3) is 5.91 Å². The molecule has 0 saturated carbocycles. The van der Waals surface area contributed by atoms with Gasteiger partial charge in [-0.15, -0.1) is 0 Å². The SMILES string of the molecule is CN(C(=O)c1cn2c(-c3ccc(C(F)(F)F)cc3)cnc2cn1)c1ccc(Cl)nc1. The van der Waals surface area contributed by atoms with Crippen molar-refractivity contribution in [3.63, 3.8) is 0 Å². The number of nitrogens with zero attached hydrogens (tertiary/aromatic N) is 5. The topological polar surface area (TPSA) is 63.4 Å². The molecule has 10 heteroatoms. The van der Waals surface area contributed by atoms with E-state index in [1.54, 1.807) is 23.6 Å². The third-order valence-corrected chi connectivity index (χ3v) is 4.75. The Morgan fingerprint density at radius 2 is 1.73 bits per heavy atom. The molecule has 3 heterocycles. The van der Waals surface area contributed by atoms with Crippen LogP contribution in [-0.2, 0) is 6.18 Å². The van der Waals surface area contributed by atoms with E-state index in [2.05, 4.69) is 15.0 Å². The highest BCUT2D eigenvalue weighted by Crippen LogP contribution is 2.31. The Morgan fingerprint density at radius 1 is 1.00 bits per heavy atom. The number of hydrogen-bond acceptors (Lipinski definition) is 4. The molecule has 30 heavy (non-hydrogen) atoms. The average Bonchev–Trinajstić information content (AvgIpc) is 3.16. The molecule has 0 aliphatic carbocycles. The Labute approximate surface area is 173 Å². The monoisotopic (exact) mass is 431 g/mol. The number of carbonyl (C=O) groups excluding carboxylic acids is 1. The van der Waals surface area contributed by atoms with Crippen LogP contribution in [0.2, 0.25) is 5.15 Å². The van der Waals surface area contributed by atoms with Gasteiger partial charge in [0.05, 0.1) is 35.5 Å². The summed E-state index contributed by atoms with van der Waals surface area (Å²) in [5.41, 5.74) is 1.43. The van der Waals surface area contributed by atoms with Crippen LogP contribution < -0.4 is 4.90 Å². The first-order chi connectivity index (χ1) is 14.2. The number of aromatic nitrogens is 4. The minimum atomic E-state index is -4.41. The predicted octanol–water partition coefficient (Wildman–Crippen LogP) is 4.74. The van der Waals surface area contributed by atoms with Crippen molar-refractivity contribution in [2.75, 3.05) is 11.9 Å². The molecule has 0 atom stereocenters. The van der Waals surface area contributed by atoms with Crippen LogP contribution in [0.5, 0.6) is 0 Å². The highest BCUT2D eigenvalue weighted by atomic mass is 35.5. The van der Waals surface area contributed by atoms with Crippen molar-refractivity contribution in [1.82, 2.24) is 19.4 Å². The number of imidazole rings is 1. The highest BCUT2D eigenvalue weighted by Gasteiger charge is 2.30. The van der Waals surface area contributed by atoms with Gasteiger partial charge in [0, 0.05) is 18.8 Å². The van der Waals surface area contributed by atoms with Crippen LogP contribution in [0.3, 0.4) is 0 Å². The van der Waals surface area contributed by atoms with Crippen LogP contribution in [0.25, 0.3) is 16.9 Å². The summed E-state index contributed by atoms with van der Waals surface area (Å²) in [6, 6.07) is 7.94. The van der Waals surface area contributed by atoms with E-state index in [1.807, 2.05) is 0 Å². The fourth-order valence-electron chi connectivity index (χ4n) is 2.90. The van der Waals surface area contributed by atoms with Crippen LogP contribution in [-0.4, -0.2) is 32.3 Å². The number of hydrogen-bond donors (Lipinski definition) is 0. The van der Waals surface area contributed by atoms with Gasteiger partial charge in [0.1, 0.15) is 10.8 Å². The lowest BCUT2D eigenvalue weighted by Gasteiger charge is -2.16. The van der Waals surface area contributed by atoms with Gasteiger partial charge in [0.15, 0.2) is 5.65 Å². The molecular weight excluding hydrogens is 419 g/mol. The van der Waals surface area contributed by atoms with Crippen molar-refractivity contribution < 1.29 is 18.0 Å². The molecule has 4 aromatic rings. The van der Waals surface area contributed by atoms with Crippen LogP contribution in [0, 0.1) is 0 Å². The van der Waals surface area contributed by atoms with Gasteiger partial charge in [-0.2, -0.15) is 13.2 Å². The third kappa shape index (κ3) is 3.71. The molecule has 0 fully saturated rings. The lowest BCUT2D eigenvalue weighted by molar-refractivity contribution is -0.137. The van der Waals surface area contributed by atoms with Gasteiger partial charge in [-0.3, -0.25) is 9.20 Å². The molecule has 0 unspecified atom stereocenters. The molecule has 0 saturated heterocycles. The van der Waals surface area contributed by atoms with E-state index >= 15 is 0 Å². The molecule has 0 aliphatic rings. The molecule has 0 spiro atoms. The van der Waals surface area contributed by atoms with Gasteiger partial charge in [-0.05, 0) is 24.3 Å². The van der Waals surface area contributed by atoms with E-state index in [0.29, 0.717) is 27.7 Å². The fourth-order valence-corrected chi connectivity index (χ4v) is 3.01. The van der Waals surface area contributed by atoms with Gasteiger partial charge in [-0.1, -0.05) is 23.7 Å². The molecule has 0 radical (unpaired) electrons. The molecule has 4 rings (SSSR count). The highest BCUT2D eigenvalue weighted by molar-refractivity contribution is 6.29. The summed E-state index contributed by atoms with van der Waals surface area (Å²) in [6.07, 6.45) is 1.49. The number of fused-ring (bicyclic) bond motifs is 1. The summed E-state index contributed by atoms with van der Waals surface area (Å²) in [5, 5.41) is 0.304. The summed E-state index contributed by atoms with van der Waals surface area (Å²) in [5.74, 6) is -0.395. The molecule has 6 nitrogen and oxygen atoms in total. The number of carbonyl (C=O) groups is 1. The van der Waals surface area contributed by atoms with Gasteiger partial charge >= 0.3 is 6.18 Å². The van der Waals surface area contributed by atoms with E-state index in [1.165, 1.54) is 41.8 Å². The smallest absolute Gasteiger partial charge is 0.309 e. The zero-order valence-electron chi connectivity index (χ0n) is 15.4. The summed E-state index contributed by atoms with van der Waals surface area (Å²) in [6.45, 7) is 0. The Kier molecular flexibility index (Phi) is 4.90. The summed E-state index contributed by atoms with van der Waals surface area (Å²) >= 11 is 5.78. The molecule has 1 amide bonds. The van der Waals surface area contributed by atoms with E-state index in [0.717, 1.165) is 12.1 Å². The maximum Gasteiger partial charge on any atom is 0.416 e. The Morgan fingerprint density at radius 3 is 2.37 bits per heavy atom. The molecule has 1 aromatic carbocycles. The number of alkyl halides is 3. The fraction of sp³-hybridized carbons (Fsp3) is 0.100. The van der Waals surface area contributed by atoms with E-state index < -0.39 is 17.6 Å². The van der Waals surface area contributed by atoms with Crippen LogP contribution >= 0.6 is 11.6 Å². The van der Waals surface area contributed by atoms with E-state index in [9.17, 15) is 18.0 Å². The predicted molar refractivity (Wildman–Crippen MR) is 105 cm³/mol. The minimum Gasteiger partial charge on any atom is -0.309 e. The number of benzene rings is 1. The minimum absolute atomic E-state index is 0.131.